The maximum Gasteiger partial charge on any atom is 0.165 e. The second-order valence-electron chi connectivity index (χ2n) is 16.1. The van der Waals surface area contributed by atoms with Gasteiger partial charge in [-0.3, -0.25) is 0 Å². The van der Waals surface area contributed by atoms with E-state index < -0.39 is 5.41 Å². The normalized spacial score (nSPS) is 14.0. The molecule has 0 saturated carbocycles. The maximum atomic E-state index is 5.33. The minimum absolute atomic E-state index is 0.457. The molecule has 0 atom stereocenters. The molecule has 0 aliphatic heterocycles. The smallest absolute Gasteiger partial charge is 0.165 e. The number of hydrogen-bond donors (Lipinski definition) is 0. The zero-order chi connectivity index (χ0) is 41.0. The van der Waals surface area contributed by atoms with Gasteiger partial charge in [0.05, 0.1) is 5.41 Å². The molecule has 0 radical (unpaired) electrons. The van der Waals surface area contributed by atoms with Gasteiger partial charge in [0, 0.05) is 36.9 Å². The van der Waals surface area contributed by atoms with Crippen molar-refractivity contribution in [1.29, 1.82) is 0 Å². The molecule has 2 heterocycles. The fourth-order valence-electron chi connectivity index (χ4n) is 10.0. The summed E-state index contributed by atoms with van der Waals surface area (Å²) in [4.78, 5) is 16.0. The van der Waals surface area contributed by atoms with Crippen molar-refractivity contribution < 1.29 is 0 Å². The summed E-state index contributed by atoms with van der Waals surface area (Å²) in [6.07, 6.45) is 6.28. The summed E-state index contributed by atoms with van der Waals surface area (Å²) in [5.74, 6) is 2.09. The molecule has 2 aliphatic rings. The van der Waals surface area contributed by atoms with Crippen molar-refractivity contribution in [3.8, 4) is 45.0 Å². The lowest BCUT2D eigenvalue weighted by Gasteiger charge is -2.34. The van der Waals surface area contributed by atoms with Crippen molar-refractivity contribution >= 4 is 42.7 Å². The van der Waals surface area contributed by atoms with Gasteiger partial charge in [-0.05, 0) is 80.6 Å². The summed E-state index contributed by atoms with van der Waals surface area (Å²) in [7, 11) is 0. The topological polar surface area (TPSA) is 38.7 Å². The van der Waals surface area contributed by atoms with Crippen molar-refractivity contribution in [2.45, 2.75) is 18.3 Å². The maximum absolute atomic E-state index is 5.33. The number of fused-ring (bicyclic) bond motifs is 6. The molecule has 0 fully saturated rings. The summed E-state index contributed by atoms with van der Waals surface area (Å²) in [6.45, 7) is 0. The van der Waals surface area contributed by atoms with E-state index in [-0.39, 0.29) is 0 Å². The molecule has 3 nitrogen and oxygen atoms in total. The fourth-order valence-corrected chi connectivity index (χ4v) is 11.2. The van der Waals surface area contributed by atoms with Crippen LogP contribution >= 0.6 is 11.3 Å². The van der Waals surface area contributed by atoms with E-state index in [0.717, 1.165) is 46.5 Å². The van der Waals surface area contributed by atoms with Gasteiger partial charge in [0.25, 0.3) is 0 Å². The summed E-state index contributed by atoms with van der Waals surface area (Å²) in [6, 6.07) is 72.4. The largest absolute Gasteiger partial charge is 0.208 e. The lowest BCUT2D eigenvalue weighted by atomic mass is 9.67. The first-order valence-electron chi connectivity index (χ1n) is 21.3. The van der Waals surface area contributed by atoms with Crippen molar-refractivity contribution in [3.63, 3.8) is 0 Å². The minimum atomic E-state index is -0.457. The first-order valence-corrected chi connectivity index (χ1v) is 22.1. The highest BCUT2D eigenvalue weighted by molar-refractivity contribution is 7.26. The van der Waals surface area contributed by atoms with Gasteiger partial charge >= 0.3 is 0 Å². The highest BCUT2D eigenvalue weighted by Gasteiger charge is 2.46. The molecule has 8 aromatic carbocycles. The first kappa shape index (κ1) is 36.3. The average Bonchev–Trinajstić information content (AvgIpc) is 3.89. The SMILES string of the molecule is C1=CC(c2ccccc2)=C(c2nc(-c3ccc(-c4cccc5c4-c4ccccc4C5(c4ccccc4)c4ccccc4)cc3)nc(-c3cccc4c3sc3ccccc34)n2)CC1. The second kappa shape index (κ2) is 14.9. The van der Waals surface area contributed by atoms with E-state index in [4.69, 9.17) is 15.0 Å². The van der Waals surface area contributed by atoms with Gasteiger partial charge in [-0.25, -0.2) is 15.0 Å². The van der Waals surface area contributed by atoms with Crippen molar-refractivity contribution in [2.24, 2.45) is 0 Å². The number of hydrogen-bond acceptors (Lipinski definition) is 4. The first-order chi connectivity index (χ1) is 30.8. The Morgan fingerprint density at radius 2 is 1.00 bits per heavy atom. The zero-order valence-electron chi connectivity index (χ0n) is 33.9. The van der Waals surface area contributed by atoms with Crippen LogP contribution in [0.5, 0.6) is 0 Å². The van der Waals surface area contributed by atoms with E-state index in [1.165, 1.54) is 64.7 Å². The second-order valence-corrected chi connectivity index (χ2v) is 17.2. The van der Waals surface area contributed by atoms with E-state index in [2.05, 4.69) is 212 Å². The summed E-state index contributed by atoms with van der Waals surface area (Å²) in [5.41, 5.74) is 15.0. The predicted octanol–water partition coefficient (Wildman–Crippen LogP) is 14.9. The molecule has 0 spiro atoms. The van der Waals surface area contributed by atoms with Gasteiger partial charge in [-0.15, -0.1) is 11.3 Å². The van der Waals surface area contributed by atoms with Gasteiger partial charge in [0.15, 0.2) is 17.5 Å². The van der Waals surface area contributed by atoms with Crippen LogP contribution in [0.1, 0.15) is 46.5 Å². The Balaban J connectivity index is 1.03. The van der Waals surface area contributed by atoms with Crippen LogP contribution in [-0.2, 0) is 5.41 Å². The predicted molar refractivity (Wildman–Crippen MR) is 258 cm³/mol. The third-order valence-corrected chi connectivity index (χ3v) is 14.0. The fraction of sp³-hybridized carbons (Fsp3) is 0.0517. The number of rotatable bonds is 7. The Labute approximate surface area is 365 Å². The molecular formula is C58H39N3S. The average molecular weight is 810 g/mol. The molecule has 0 N–H and O–H groups in total. The summed E-state index contributed by atoms with van der Waals surface area (Å²) < 4.78 is 2.44. The van der Waals surface area contributed by atoms with E-state index >= 15 is 0 Å². The Hall–Kier alpha value is -7.53. The number of allylic oxidation sites excluding steroid dienone is 4. The van der Waals surface area contributed by atoms with Crippen molar-refractivity contribution in [3.05, 3.63) is 246 Å². The highest BCUT2D eigenvalue weighted by atomic mass is 32.1. The highest BCUT2D eigenvalue weighted by Crippen LogP contribution is 2.58. The van der Waals surface area contributed by atoms with E-state index in [1.807, 2.05) is 0 Å². The summed E-state index contributed by atoms with van der Waals surface area (Å²) in [5, 5.41) is 2.48. The Morgan fingerprint density at radius 3 is 1.79 bits per heavy atom. The van der Waals surface area contributed by atoms with Crippen molar-refractivity contribution in [1.82, 2.24) is 15.0 Å². The standard InChI is InChI=1S/C58H39N3S/c1-4-18-38(19-5-1)43-24-10-11-26-47(43)56-59-55(60-57(61-56)49-30-16-29-46-45-25-13-15-33-52(45)62-54(46)49)40-36-34-39(35-37-40)44-28-17-32-51-53(44)48-27-12-14-31-50(48)58(51,41-20-6-2-7-21-41)42-22-8-3-9-23-42/h1-10,12-25,27-37H,11,26H2. The molecule has 0 unspecified atom stereocenters. The molecule has 0 saturated heterocycles. The molecule has 292 valence electrons. The monoisotopic (exact) mass is 809 g/mol. The third-order valence-electron chi connectivity index (χ3n) is 12.7. The van der Waals surface area contributed by atoms with Crippen LogP contribution in [0.3, 0.4) is 0 Å². The van der Waals surface area contributed by atoms with Crippen LogP contribution in [-0.4, -0.2) is 15.0 Å². The van der Waals surface area contributed by atoms with E-state index in [1.54, 1.807) is 11.3 Å². The van der Waals surface area contributed by atoms with Crippen LogP contribution in [0.25, 0.3) is 76.3 Å². The van der Waals surface area contributed by atoms with Crippen LogP contribution < -0.4 is 0 Å². The lowest BCUT2D eigenvalue weighted by molar-refractivity contribution is 0.768. The van der Waals surface area contributed by atoms with Crippen LogP contribution in [0.4, 0.5) is 0 Å². The van der Waals surface area contributed by atoms with Crippen LogP contribution in [0.15, 0.2) is 212 Å². The lowest BCUT2D eigenvalue weighted by Crippen LogP contribution is -2.28. The molecule has 10 aromatic rings. The molecule has 0 amide bonds. The third kappa shape index (κ3) is 5.75. The number of benzene rings is 8. The molecule has 2 aliphatic carbocycles. The Kier molecular flexibility index (Phi) is 8.72. The number of aromatic nitrogens is 3. The van der Waals surface area contributed by atoms with Gasteiger partial charge in [0.1, 0.15) is 0 Å². The molecule has 2 aromatic heterocycles. The molecule has 4 heteroatoms. The van der Waals surface area contributed by atoms with E-state index in [9.17, 15) is 0 Å². The number of nitrogens with zero attached hydrogens (tertiary/aromatic N) is 3. The van der Waals surface area contributed by atoms with Crippen LogP contribution in [0, 0.1) is 0 Å². The zero-order valence-corrected chi connectivity index (χ0v) is 34.7. The Bertz CT molecular complexity index is 3340. The van der Waals surface area contributed by atoms with Crippen LogP contribution in [0.2, 0.25) is 0 Å². The van der Waals surface area contributed by atoms with Crippen molar-refractivity contribution in [2.75, 3.05) is 0 Å². The molecule has 62 heavy (non-hydrogen) atoms. The molecule has 0 bridgehead atoms. The van der Waals surface area contributed by atoms with Gasteiger partial charge < -0.3 is 0 Å². The quantitative estimate of drug-likeness (QED) is 0.161. The van der Waals surface area contributed by atoms with E-state index in [0.29, 0.717) is 11.6 Å². The number of thiophene rings is 1. The minimum Gasteiger partial charge on any atom is -0.208 e. The Morgan fingerprint density at radius 1 is 0.419 bits per heavy atom. The van der Waals surface area contributed by atoms with Gasteiger partial charge in [-0.2, -0.15) is 0 Å². The van der Waals surface area contributed by atoms with Gasteiger partial charge in [-0.1, -0.05) is 200 Å². The van der Waals surface area contributed by atoms with Gasteiger partial charge in [0.2, 0.25) is 0 Å². The summed E-state index contributed by atoms with van der Waals surface area (Å²) >= 11 is 1.80. The molecule has 12 rings (SSSR count). The molecular weight excluding hydrogens is 771 g/mol.